The van der Waals surface area contributed by atoms with Crippen LogP contribution in [0.3, 0.4) is 0 Å². The van der Waals surface area contributed by atoms with Gasteiger partial charge in [-0.2, -0.15) is 0 Å². The van der Waals surface area contributed by atoms with E-state index in [0.717, 1.165) is 17.4 Å². The molecular weight excluding hydrogens is 195 g/mol. The molecule has 1 aromatic rings. The summed E-state index contributed by atoms with van der Waals surface area (Å²) in [7, 11) is 0. The Morgan fingerprint density at radius 3 is 2.00 bits per heavy atom. The van der Waals surface area contributed by atoms with Gasteiger partial charge in [0.25, 0.3) is 0 Å². The molecule has 0 aliphatic carbocycles. The lowest BCUT2D eigenvalue weighted by Gasteiger charge is -2.04. The van der Waals surface area contributed by atoms with Crippen molar-refractivity contribution in [2.45, 2.75) is 11.8 Å². The van der Waals surface area contributed by atoms with Crippen LogP contribution in [-0.2, 0) is 11.8 Å². The van der Waals surface area contributed by atoms with Crippen LogP contribution < -0.4 is 0 Å². The van der Waals surface area contributed by atoms with Gasteiger partial charge in [-0.25, -0.2) is 0 Å². The number of aldehydes is 1. The highest BCUT2D eigenvalue weighted by atomic mass is 35.5. The largest absolute Gasteiger partial charge is 0.298 e. The lowest BCUT2D eigenvalue weighted by atomic mass is 10.0. The minimum atomic E-state index is 0.346. The second kappa shape index (κ2) is 4.48. The van der Waals surface area contributed by atoms with Crippen molar-refractivity contribution in [2.75, 3.05) is 0 Å². The van der Waals surface area contributed by atoms with Crippen LogP contribution in [0.4, 0.5) is 0 Å². The number of carbonyl (C=O) groups excluding carboxylic acids is 1. The molecule has 0 fully saturated rings. The zero-order valence-corrected chi connectivity index (χ0v) is 7.90. The van der Waals surface area contributed by atoms with E-state index in [1.54, 1.807) is 0 Å². The zero-order valence-electron chi connectivity index (χ0n) is 6.39. The molecule has 0 bridgehead atoms. The Labute approximate surface area is 81.3 Å². The van der Waals surface area contributed by atoms with Crippen molar-refractivity contribution >= 4 is 29.5 Å². The van der Waals surface area contributed by atoms with Gasteiger partial charge in [0.05, 0.1) is 0 Å². The molecule has 0 amide bonds. The smallest absolute Gasteiger partial charge is 0.150 e. The molecule has 0 aromatic heterocycles. The van der Waals surface area contributed by atoms with E-state index < -0.39 is 0 Å². The molecule has 0 heterocycles. The predicted molar refractivity (Wildman–Crippen MR) is 50.9 cm³/mol. The summed E-state index contributed by atoms with van der Waals surface area (Å²) in [4.78, 5) is 10.6. The van der Waals surface area contributed by atoms with Gasteiger partial charge in [-0.1, -0.05) is 18.2 Å². The molecule has 0 unspecified atom stereocenters. The summed E-state index contributed by atoms with van der Waals surface area (Å²) >= 11 is 11.3. The number of halogens is 2. The minimum Gasteiger partial charge on any atom is -0.298 e. The van der Waals surface area contributed by atoms with E-state index in [-0.39, 0.29) is 0 Å². The molecule has 0 saturated heterocycles. The van der Waals surface area contributed by atoms with Gasteiger partial charge in [-0.05, 0) is 11.1 Å². The molecule has 12 heavy (non-hydrogen) atoms. The first-order valence-corrected chi connectivity index (χ1v) is 4.58. The van der Waals surface area contributed by atoms with E-state index in [4.69, 9.17) is 23.2 Å². The summed E-state index contributed by atoms with van der Waals surface area (Å²) in [5.41, 5.74) is 2.30. The van der Waals surface area contributed by atoms with Gasteiger partial charge < -0.3 is 0 Å². The summed E-state index contributed by atoms with van der Waals surface area (Å²) in [6, 6.07) is 5.50. The molecule has 0 atom stereocenters. The minimum absolute atomic E-state index is 0.346. The van der Waals surface area contributed by atoms with Crippen molar-refractivity contribution in [1.82, 2.24) is 0 Å². The Bertz CT molecular complexity index is 262. The number of rotatable bonds is 3. The standard InChI is InChI=1S/C9H8Cl2O/c10-4-7-2-1-3-8(5-11)9(7)6-12/h1-3,6H,4-5H2. The van der Waals surface area contributed by atoms with E-state index in [0.29, 0.717) is 17.3 Å². The van der Waals surface area contributed by atoms with Crippen LogP contribution in [0.25, 0.3) is 0 Å². The van der Waals surface area contributed by atoms with Crippen molar-refractivity contribution in [1.29, 1.82) is 0 Å². The van der Waals surface area contributed by atoms with Crippen molar-refractivity contribution in [2.24, 2.45) is 0 Å². The number of alkyl halides is 2. The first-order valence-electron chi connectivity index (χ1n) is 3.51. The number of benzene rings is 1. The van der Waals surface area contributed by atoms with Gasteiger partial charge in [0, 0.05) is 17.3 Å². The molecule has 0 radical (unpaired) electrons. The monoisotopic (exact) mass is 202 g/mol. The third-order valence-electron chi connectivity index (χ3n) is 1.69. The Morgan fingerprint density at radius 1 is 1.17 bits per heavy atom. The maximum atomic E-state index is 10.6. The molecule has 0 spiro atoms. The average Bonchev–Trinajstić information content (AvgIpc) is 2.16. The zero-order chi connectivity index (χ0) is 8.97. The summed E-state index contributed by atoms with van der Waals surface area (Å²) in [6.07, 6.45) is 0.801. The molecule has 0 saturated carbocycles. The summed E-state index contributed by atoms with van der Waals surface area (Å²) in [5.74, 6) is 0.692. The summed E-state index contributed by atoms with van der Waals surface area (Å²) in [6.45, 7) is 0. The van der Waals surface area contributed by atoms with Crippen molar-refractivity contribution in [3.63, 3.8) is 0 Å². The number of hydrogen-bond donors (Lipinski definition) is 0. The van der Waals surface area contributed by atoms with Crippen LogP contribution in [-0.4, -0.2) is 6.29 Å². The first kappa shape index (κ1) is 9.56. The van der Waals surface area contributed by atoms with E-state index in [9.17, 15) is 4.79 Å². The highest BCUT2D eigenvalue weighted by molar-refractivity contribution is 6.18. The molecular formula is C9H8Cl2O. The fourth-order valence-electron chi connectivity index (χ4n) is 1.05. The van der Waals surface area contributed by atoms with Crippen LogP contribution in [0.5, 0.6) is 0 Å². The van der Waals surface area contributed by atoms with Gasteiger partial charge in [0.1, 0.15) is 0 Å². The molecule has 1 aromatic carbocycles. The third-order valence-corrected chi connectivity index (χ3v) is 2.27. The first-order chi connectivity index (χ1) is 5.83. The Kier molecular flexibility index (Phi) is 3.57. The Hall–Kier alpha value is -0.530. The van der Waals surface area contributed by atoms with Gasteiger partial charge in [0.15, 0.2) is 6.29 Å². The van der Waals surface area contributed by atoms with Crippen LogP contribution in [0.1, 0.15) is 21.5 Å². The predicted octanol–water partition coefficient (Wildman–Crippen LogP) is 2.98. The lowest BCUT2D eigenvalue weighted by Crippen LogP contribution is -1.94. The van der Waals surface area contributed by atoms with Crippen molar-refractivity contribution < 1.29 is 4.79 Å². The lowest BCUT2D eigenvalue weighted by molar-refractivity contribution is 0.112. The highest BCUT2D eigenvalue weighted by Crippen LogP contribution is 2.16. The van der Waals surface area contributed by atoms with E-state index in [2.05, 4.69) is 0 Å². The summed E-state index contributed by atoms with van der Waals surface area (Å²) in [5, 5.41) is 0. The fraction of sp³-hybridized carbons (Fsp3) is 0.222. The van der Waals surface area contributed by atoms with Gasteiger partial charge >= 0.3 is 0 Å². The van der Waals surface area contributed by atoms with E-state index >= 15 is 0 Å². The van der Waals surface area contributed by atoms with Gasteiger partial charge in [-0.15, -0.1) is 23.2 Å². The summed E-state index contributed by atoms with van der Waals surface area (Å²) < 4.78 is 0. The SMILES string of the molecule is O=Cc1c(CCl)cccc1CCl. The normalized spacial score (nSPS) is 9.83. The maximum Gasteiger partial charge on any atom is 0.150 e. The second-order valence-corrected chi connectivity index (χ2v) is 2.91. The van der Waals surface area contributed by atoms with Crippen molar-refractivity contribution in [3.8, 4) is 0 Å². The average molecular weight is 203 g/mol. The Balaban J connectivity index is 3.21. The quantitative estimate of drug-likeness (QED) is 0.545. The van der Waals surface area contributed by atoms with Crippen LogP contribution in [0.15, 0.2) is 18.2 Å². The highest BCUT2D eigenvalue weighted by Gasteiger charge is 2.04. The molecule has 0 N–H and O–H groups in total. The molecule has 3 heteroatoms. The Morgan fingerprint density at radius 2 is 1.67 bits per heavy atom. The second-order valence-electron chi connectivity index (χ2n) is 2.38. The number of hydrogen-bond acceptors (Lipinski definition) is 1. The molecule has 1 rings (SSSR count). The topological polar surface area (TPSA) is 17.1 Å². The van der Waals surface area contributed by atoms with Gasteiger partial charge in [0.2, 0.25) is 0 Å². The van der Waals surface area contributed by atoms with Crippen molar-refractivity contribution in [3.05, 3.63) is 34.9 Å². The van der Waals surface area contributed by atoms with Crippen LogP contribution >= 0.6 is 23.2 Å². The van der Waals surface area contributed by atoms with E-state index in [1.807, 2.05) is 18.2 Å². The third kappa shape index (κ3) is 1.79. The van der Waals surface area contributed by atoms with Gasteiger partial charge in [-0.3, -0.25) is 4.79 Å². The van der Waals surface area contributed by atoms with Crippen LogP contribution in [0, 0.1) is 0 Å². The van der Waals surface area contributed by atoms with Crippen LogP contribution in [0.2, 0.25) is 0 Å². The fourth-order valence-corrected chi connectivity index (χ4v) is 1.52. The molecule has 0 aliphatic heterocycles. The molecule has 0 aliphatic rings. The molecule has 64 valence electrons. The van der Waals surface area contributed by atoms with E-state index in [1.165, 1.54) is 0 Å². The molecule has 1 nitrogen and oxygen atoms in total. The number of carbonyl (C=O) groups is 1. The maximum absolute atomic E-state index is 10.6.